The Morgan fingerprint density at radius 1 is 1.08 bits per heavy atom. The molecule has 0 atom stereocenters. The third-order valence-corrected chi connectivity index (χ3v) is 3.42. The molecule has 0 saturated carbocycles. The number of ether oxygens (including phenoxy) is 2. The molecule has 0 aliphatic rings. The quantitative estimate of drug-likeness (QED) is 0.577. The SMILES string of the molecule is CCOc1ncccc1C(=O)OCC(=O)c1ccc(NC(=O)CC)cc1. The van der Waals surface area contributed by atoms with Crippen LogP contribution in [0, 0.1) is 0 Å². The molecule has 136 valence electrons. The zero-order valence-electron chi connectivity index (χ0n) is 14.7. The summed E-state index contributed by atoms with van der Waals surface area (Å²) in [7, 11) is 0. The number of hydrogen-bond donors (Lipinski definition) is 1. The van der Waals surface area contributed by atoms with E-state index >= 15 is 0 Å². The largest absolute Gasteiger partial charge is 0.477 e. The van der Waals surface area contributed by atoms with Gasteiger partial charge >= 0.3 is 5.97 Å². The molecule has 7 nitrogen and oxygen atoms in total. The highest BCUT2D eigenvalue weighted by Gasteiger charge is 2.17. The van der Waals surface area contributed by atoms with Crippen LogP contribution in [0.4, 0.5) is 5.69 Å². The molecule has 0 saturated heterocycles. The van der Waals surface area contributed by atoms with Gasteiger partial charge in [-0.25, -0.2) is 9.78 Å². The highest BCUT2D eigenvalue weighted by Crippen LogP contribution is 2.16. The van der Waals surface area contributed by atoms with Gasteiger partial charge in [-0.3, -0.25) is 9.59 Å². The Morgan fingerprint density at radius 3 is 2.46 bits per heavy atom. The fourth-order valence-electron chi connectivity index (χ4n) is 2.08. The molecule has 0 spiro atoms. The molecule has 0 bridgehead atoms. The number of esters is 1. The lowest BCUT2D eigenvalue weighted by Gasteiger charge is -2.09. The van der Waals surface area contributed by atoms with Gasteiger partial charge in [0.15, 0.2) is 12.4 Å². The number of pyridine rings is 1. The molecular formula is C19H20N2O5. The van der Waals surface area contributed by atoms with Gasteiger partial charge in [-0.05, 0) is 43.3 Å². The van der Waals surface area contributed by atoms with Crippen molar-refractivity contribution in [3.05, 3.63) is 53.7 Å². The summed E-state index contributed by atoms with van der Waals surface area (Å²) in [6.07, 6.45) is 1.88. The number of nitrogens with one attached hydrogen (secondary N) is 1. The second kappa shape index (κ2) is 9.31. The topological polar surface area (TPSA) is 94.6 Å². The number of carbonyl (C=O) groups is 3. The summed E-state index contributed by atoms with van der Waals surface area (Å²) in [6, 6.07) is 9.49. The summed E-state index contributed by atoms with van der Waals surface area (Å²) >= 11 is 0. The number of anilines is 1. The van der Waals surface area contributed by atoms with Gasteiger partial charge in [0, 0.05) is 23.9 Å². The maximum atomic E-state index is 12.2. The van der Waals surface area contributed by atoms with E-state index in [4.69, 9.17) is 9.47 Å². The maximum absolute atomic E-state index is 12.2. The minimum absolute atomic E-state index is 0.112. The Kier molecular flexibility index (Phi) is 6.84. The van der Waals surface area contributed by atoms with Gasteiger partial charge in [-0.1, -0.05) is 6.92 Å². The van der Waals surface area contributed by atoms with Gasteiger partial charge in [0.25, 0.3) is 0 Å². The lowest BCUT2D eigenvalue weighted by atomic mass is 10.1. The van der Waals surface area contributed by atoms with Crippen LogP contribution < -0.4 is 10.1 Å². The number of rotatable bonds is 8. The molecule has 0 fully saturated rings. The molecule has 0 aliphatic carbocycles. The second-order valence-corrected chi connectivity index (χ2v) is 5.27. The normalized spacial score (nSPS) is 10.1. The fraction of sp³-hybridized carbons (Fsp3) is 0.263. The van der Waals surface area contributed by atoms with Crippen LogP contribution in [0.25, 0.3) is 0 Å². The lowest BCUT2D eigenvalue weighted by molar-refractivity contribution is -0.115. The van der Waals surface area contributed by atoms with Crippen LogP contribution >= 0.6 is 0 Å². The number of aromatic nitrogens is 1. The Bertz CT molecular complexity index is 787. The Hall–Kier alpha value is -3.22. The summed E-state index contributed by atoms with van der Waals surface area (Å²) in [6.45, 7) is 3.48. The first-order valence-electron chi connectivity index (χ1n) is 8.23. The van der Waals surface area contributed by atoms with E-state index < -0.39 is 12.6 Å². The van der Waals surface area contributed by atoms with E-state index in [2.05, 4.69) is 10.3 Å². The van der Waals surface area contributed by atoms with E-state index in [9.17, 15) is 14.4 Å². The predicted molar refractivity (Wildman–Crippen MR) is 95.4 cm³/mol. The molecule has 0 radical (unpaired) electrons. The van der Waals surface area contributed by atoms with Crippen molar-refractivity contribution in [2.24, 2.45) is 0 Å². The highest BCUT2D eigenvalue weighted by atomic mass is 16.5. The summed E-state index contributed by atoms with van der Waals surface area (Å²) in [4.78, 5) is 39.6. The number of Topliss-reactive ketones (excluding diaryl/α,β-unsaturated/α-hetero) is 1. The Balaban J connectivity index is 1.96. The standard InChI is InChI=1S/C19H20N2O5/c1-3-17(23)21-14-9-7-13(8-10-14)16(22)12-26-19(24)15-6-5-11-20-18(15)25-4-2/h5-11H,3-4,12H2,1-2H3,(H,21,23). The van der Waals surface area contributed by atoms with Crippen LogP contribution in [-0.2, 0) is 9.53 Å². The molecular weight excluding hydrogens is 336 g/mol. The Labute approximate surface area is 151 Å². The molecule has 0 aliphatic heterocycles. The number of benzene rings is 1. The van der Waals surface area contributed by atoms with Crippen molar-refractivity contribution in [2.75, 3.05) is 18.5 Å². The number of hydrogen-bond acceptors (Lipinski definition) is 6. The van der Waals surface area contributed by atoms with Crippen LogP contribution in [-0.4, -0.2) is 35.9 Å². The minimum Gasteiger partial charge on any atom is -0.477 e. The van der Waals surface area contributed by atoms with Crippen LogP contribution in [0.2, 0.25) is 0 Å². The first-order valence-corrected chi connectivity index (χ1v) is 8.23. The van der Waals surface area contributed by atoms with Crippen molar-refractivity contribution in [1.29, 1.82) is 0 Å². The summed E-state index contributed by atoms with van der Waals surface area (Å²) in [5, 5.41) is 2.69. The number of nitrogens with zero attached hydrogens (tertiary/aromatic N) is 1. The fourth-order valence-corrected chi connectivity index (χ4v) is 2.08. The summed E-state index contributed by atoms with van der Waals surface area (Å²) in [5.41, 5.74) is 1.14. The van der Waals surface area contributed by atoms with Gasteiger partial charge in [0.1, 0.15) is 5.56 Å². The molecule has 1 aromatic heterocycles. The number of ketones is 1. The molecule has 1 N–H and O–H groups in total. The smallest absolute Gasteiger partial charge is 0.344 e. The summed E-state index contributed by atoms with van der Waals surface area (Å²) < 4.78 is 10.3. The van der Waals surface area contributed by atoms with Crippen molar-refractivity contribution in [3.8, 4) is 5.88 Å². The zero-order chi connectivity index (χ0) is 18.9. The van der Waals surface area contributed by atoms with Gasteiger partial charge < -0.3 is 14.8 Å². The lowest BCUT2D eigenvalue weighted by Crippen LogP contribution is -2.16. The second-order valence-electron chi connectivity index (χ2n) is 5.27. The molecule has 1 amide bonds. The molecule has 1 heterocycles. The van der Waals surface area contributed by atoms with Crippen LogP contribution in [0.5, 0.6) is 5.88 Å². The molecule has 2 aromatic rings. The van der Waals surface area contributed by atoms with E-state index in [1.807, 2.05) is 0 Å². The first-order chi connectivity index (χ1) is 12.5. The van der Waals surface area contributed by atoms with E-state index in [1.165, 1.54) is 12.3 Å². The van der Waals surface area contributed by atoms with Crippen molar-refractivity contribution in [1.82, 2.24) is 4.98 Å². The maximum Gasteiger partial charge on any atom is 0.344 e. The van der Waals surface area contributed by atoms with Crippen molar-refractivity contribution in [3.63, 3.8) is 0 Å². The monoisotopic (exact) mass is 356 g/mol. The average Bonchev–Trinajstić information content (AvgIpc) is 2.67. The molecule has 1 aromatic carbocycles. The van der Waals surface area contributed by atoms with Crippen molar-refractivity contribution < 1.29 is 23.9 Å². The van der Waals surface area contributed by atoms with Crippen LogP contribution in [0.15, 0.2) is 42.6 Å². The molecule has 26 heavy (non-hydrogen) atoms. The van der Waals surface area contributed by atoms with Gasteiger partial charge in [-0.15, -0.1) is 0 Å². The summed E-state index contributed by atoms with van der Waals surface area (Å²) in [5.74, 6) is -0.974. The first kappa shape index (κ1) is 19.1. The third kappa shape index (κ3) is 5.14. The van der Waals surface area contributed by atoms with Gasteiger partial charge in [0.2, 0.25) is 11.8 Å². The minimum atomic E-state index is -0.679. The van der Waals surface area contributed by atoms with Gasteiger partial charge in [-0.2, -0.15) is 0 Å². The number of amides is 1. The van der Waals surface area contributed by atoms with Crippen LogP contribution in [0.1, 0.15) is 41.0 Å². The van der Waals surface area contributed by atoms with E-state index in [1.54, 1.807) is 44.2 Å². The van der Waals surface area contributed by atoms with Crippen LogP contribution in [0.3, 0.4) is 0 Å². The molecule has 0 unspecified atom stereocenters. The van der Waals surface area contributed by atoms with E-state index in [0.717, 1.165) is 0 Å². The highest BCUT2D eigenvalue weighted by molar-refractivity contribution is 6.00. The van der Waals surface area contributed by atoms with Crippen molar-refractivity contribution in [2.45, 2.75) is 20.3 Å². The van der Waals surface area contributed by atoms with Crippen molar-refractivity contribution >= 4 is 23.3 Å². The zero-order valence-corrected chi connectivity index (χ0v) is 14.7. The average molecular weight is 356 g/mol. The third-order valence-electron chi connectivity index (χ3n) is 3.42. The predicted octanol–water partition coefficient (Wildman–Crippen LogP) is 2.87. The van der Waals surface area contributed by atoms with E-state index in [-0.39, 0.29) is 23.1 Å². The molecule has 2 rings (SSSR count). The molecule has 7 heteroatoms. The number of carbonyl (C=O) groups excluding carboxylic acids is 3. The Morgan fingerprint density at radius 2 is 1.81 bits per heavy atom. The van der Waals surface area contributed by atoms with E-state index in [0.29, 0.717) is 24.3 Å². The van der Waals surface area contributed by atoms with Gasteiger partial charge in [0.05, 0.1) is 6.61 Å².